The molecular formula is C26H28N8O5S. The lowest BCUT2D eigenvalue weighted by molar-refractivity contribution is -0.384. The van der Waals surface area contributed by atoms with Crippen molar-refractivity contribution in [1.29, 1.82) is 0 Å². The fourth-order valence-electron chi connectivity index (χ4n) is 5.09. The zero-order valence-corrected chi connectivity index (χ0v) is 22.6. The van der Waals surface area contributed by atoms with Gasteiger partial charge in [-0.05, 0) is 24.0 Å². The van der Waals surface area contributed by atoms with Crippen LogP contribution in [0.2, 0.25) is 0 Å². The van der Waals surface area contributed by atoms with Crippen molar-refractivity contribution >= 4 is 35.3 Å². The lowest BCUT2D eigenvalue weighted by atomic mass is 9.99. The molecule has 1 saturated heterocycles. The minimum atomic E-state index is -0.780. The van der Waals surface area contributed by atoms with Crippen LogP contribution >= 0.6 is 11.8 Å². The summed E-state index contributed by atoms with van der Waals surface area (Å²) in [6, 6.07) is 8.38. The highest BCUT2D eigenvalue weighted by Gasteiger charge is 2.40. The monoisotopic (exact) mass is 564 g/mol. The summed E-state index contributed by atoms with van der Waals surface area (Å²) in [5.41, 5.74) is 8.17. The Kier molecular flexibility index (Phi) is 7.69. The van der Waals surface area contributed by atoms with E-state index in [9.17, 15) is 24.5 Å². The lowest BCUT2D eigenvalue weighted by Gasteiger charge is -2.40. The number of aromatic nitrogens is 3. The zero-order valence-electron chi connectivity index (χ0n) is 21.8. The number of imidazole rings is 1. The molecule has 0 bridgehead atoms. The Morgan fingerprint density at radius 3 is 2.42 bits per heavy atom. The van der Waals surface area contributed by atoms with E-state index in [1.54, 1.807) is 46.6 Å². The summed E-state index contributed by atoms with van der Waals surface area (Å²) in [6.45, 7) is 1.86. The number of nitrogens with zero attached hydrogens (tertiary/aromatic N) is 7. The van der Waals surface area contributed by atoms with Gasteiger partial charge < -0.3 is 25.0 Å². The van der Waals surface area contributed by atoms with Crippen LogP contribution in [0, 0.1) is 10.1 Å². The topological polar surface area (TPSA) is 161 Å². The first-order valence-electron chi connectivity index (χ1n) is 12.7. The van der Waals surface area contributed by atoms with Crippen LogP contribution in [0.5, 0.6) is 0 Å². The molecule has 0 radical (unpaired) electrons. The highest BCUT2D eigenvalue weighted by Crippen LogP contribution is 2.29. The minimum absolute atomic E-state index is 0.00673. The molecule has 2 aliphatic rings. The molecule has 3 aromatic rings. The Balaban J connectivity index is 1.44. The van der Waals surface area contributed by atoms with Gasteiger partial charge in [-0.15, -0.1) is 11.8 Å². The van der Waals surface area contributed by atoms with Crippen LogP contribution in [-0.4, -0.2) is 90.5 Å². The van der Waals surface area contributed by atoms with E-state index in [1.807, 2.05) is 10.8 Å². The van der Waals surface area contributed by atoms with Gasteiger partial charge in [0.25, 0.3) is 11.6 Å². The predicted octanol–water partition coefficient (Wildman–Crippen LogP) is 1.75. The van der Waals surface area contributed by atoms with Gasteiger partial charge >= 0.3 is 6.03 Å². The summed E-state index contributed by atoms with van der Waals surface area (Å²) in [4.78, 5) is 63.5. The number of piperazine rings is 1. The number of nitro benzene ring substituents is 1. The van der Waals surface area contributed by atoms with Crippen LogP contribution in [0.4, 0.5) is 10.5 Å². The number of hydrogen-bond donors (Lipinski definition) is 1. The smallest absolute Gasteiger partial charge is 0.314 e. The summed E-state index contributed by atoms with van der Waals surface area (Å²) in [7, 11) is 0. The fourth-order valence-corrected chi connectivity index (χ4v) is 5.63. The van der Waals surface area contributed by atoms with Gasteiger partial charge in [0, 0.05) is 57.5 Å². The van der Waals surface area contributed by atoms with Gasteiger partial charge in [0.15, 0.2) is 0 Å². The van der Waals surface area contributed by atoms with Crippen molar-refractivity contribution in [3.8, 4) is 0 Å². The molecule has 13 nitrogen and oxygen atoms in total. The third-order valence-corrected chi connectivity index (χ3v) is 7.97. The number of nitrogens with two attached hydrogens (primary N) is 1. The number of fused-ring (bicyclic) bond motifs is 1. The first kappa shape index (κ1) is 27.1. The average Bonchev–Trinajstić information content (AvgIpc) is 3.37. The molecule has 2 aliphatic heterocycles. The highest BCUT2D eigenvalue weighted by molar-refractivity contribution is 7.98. The molecule has 5 rings (SSSR count). The van der Waals surface area contributed by atoms with Crippen LogP contribution in [0.3, 0.4) is 0 Å². The van der Waals surface area contributed by atoms with Gasteiger partial charge in [0.2, 0.25) is 5.91 Å². The van der Waals surface area contributed by atoms with Crippen molar-refractivity contribution in [2.75, 3.05) is 32.4 Å². The molecule has 1 unspecified atom stereocenters. The van der Waals surface area contributed by atoms with Crippen molar-refractivity contribution in [3.63, 3.8) is 0 Å². The summed E-state index contributed by atoms with van der Waals surface area (Å²) in [5, 5.41) is 11.6. The van der Waals surface area contributed by atoms with Gasteiger partial charge in [-0.3, -0.25) is 19.7 Å². The standard InChI is InChI=1S/C26H28N8O5S/c1-40-23-19(3-2-8-28-23)24(35)33-15-22-20(13-21(33)25(36)30-9-11-31(12-10-30)26(27)37)29-16-32(22)14-17-4-6-18(7-5-17)34(38)39/h2-8,16,21H,9-15H2,1H3,(H2,27,37). The van der Waals surface area contributed by atoms with Crippen LogP contribution in [0.1, 0.15) is 27.3 Å². The van der Waals surface area contributed by atoms with Crippen molar-refractivity contribution in [1.82, 2.24) is 29.2 Å². The van der Waals surface area contributed by atoms with Gasteiger partial charge in [-0.2, -0.15) is 0 Å². The summed E-state index contributed by atoms with van der Waals surface area (Å²) < 4.78 is 1.90. The van der Waals surface area contributed by atoms with Crippen LogP contribution < -0.4 is 5.73 Å². The molecule has 40 heavy (non-hydrogen) atoms. The molecule has 14 heteroatoms. The fraction of sp³-hybridized carbons (Fsp3) is 0.346. The molecule has 4 amide bonds. The third kappa shape index (κ3) is 5.34. The maximum absolute atomic E-state index is 14.0. The molecule has 2 N–H and O–H groups in total. The molecule has 1 atom stereocenters. The molecule has 1 fully saturated rings. The highest BCUT2D eigenvalue weighted by atomic mass is 32.2. The van der Waals surface area contributed by atoms with Gasteiger partial charge in [-0.25, -0.2) is 14.8 Å². The molecular weight excluding hydrogens is 536 g/mol. The average molecular weight is 565 g/mol. The second-order valence-corrected chi connectivity index (χ2v) is 10.3. The second-order valence-electron chi connectivity index (χ2n) is 9.55. The Hall–Kier alpha value is -4.46. The molecule has 0 aliphatic carbocycles. The Morgan fingerprint density at radius 2 is 1.77 bits per heavy atom. The van der Waals surface area contributed by atoms with Crippen LogP contribution in [-0.2, 0) is 24.3 Å². The van der Waals surface area contributed by atoms with E-state index in [0.717, 1.165) is 17.0 Å². The number of primary amides is 1. The van der Waals surface area contributed by atoms with Crippen molar-refractivity contribution in [2.45, 2.75) is 30.6 Å². The van der Waals surface area contributed by atoms with E-state index in [0.29, 0.717) is 43.3 Å². The molecule has 208 valence electrons. The van der Waals surface area contributed by atoms with E-state index >= 15 is 0 Å². The predicted molar refractivity (Wildman–Crippen MR) is 146 cm³/mol. The Labute approximate surface area is 234 Å². The minimum Gasteiger partial charge on any atom is -0.351 e. The Bertz CT molecular complexity index is 1450. The van der Waals surface area contributed by atoms with E-state index in [1.165, 1.54) is 28.8 Å². The number of urea groups is 1. The molecule has 0 saturated carbocycles. The maximum Gasteiger partial charge on any atom is 0.314 e. The van der Waals surface area contributed by atoms with Crippen molar-refractivity contribution in [2.24, 2.45) is 5.73 Å². The molecule has 2 aromatic heterocycles. The SMILES string of the molecule is CSc1ncccc1C(=O)N1Cc2c(ncn2Cc2ccc([N+](=O)[O-])cc2)CC1C(=O)N1CCN(C(N)=O)CC1. The van der Waals surface area contributed by atoms with E-state index in [2.05, 4.69) is 9.97 Å². The first-order chi connectivity index (χ1) is 19.3. The first-order valence-corrected chi connectivity index (χ1v) is 13.9. The zero-order chi connectivity index (χ0) is 28.4. The summed E-state index contributed by atoms with van der Waals surface area (Å²) in [6.07, 6.45) is 5.37. The summed E-state index contributed by atoms with van der Waals surface area (Å²) in [5.74, 6) is -0.511. The van der Waals surface area contributed by atoms with E-state index in [4.69, 9.17) is 5.73 Å². The molecule has 0 spiro atoms. The number of benzene rings is 1. The number of thioether (sulfide) groups is 1. The summed E-state index contributed by atoms with van der Waals surface area (Å²) >= 11 is 1.35. The number of hydrogen-bond acceptors (Lipinski definition) is 8. The number of nitro groups is 1. The third-order valence-electron chi connectivity index (χ3n) is 7.26. The normalized spacial score (nSPS) is 16.9. The second kappa shape index (κ2) is 11.3. The number of carbonyl (C=O) groups excluding carboxylic acids is 3. The number of amides is 4. The van der Waals surface area contributed by atoms with E-state index in [-0.39, 0.29) is 30.5 Å². The van der Waals surface area contributed by atoms with Gasteiger partial charge in [0.1, 0.15) is 11.1 Å². The number of pyridine rings is 1. The van der Waals surface area contributed by atoms with Crippen LogP contribution in [0.25, 0.3) is 0 Å². The molecule has 1 aromatic carbocycles. The number of carbonyl (C=O) groups is 3. The van der Waals surface area contributed by atoms with Gasteiger partial charge in [-0.1, -0.05) is 12.1 Å². The maximum atomic E-state index is 14.0. The van der Waals surface area contributed by atoms with E-state index < -0.39 is 17.0 Å². The van der Waals surface area contributed by atoms with Crippen LogP contribution in [0.15, 0.2) is 53.9 Å². The van der Waals surface area contributed by atoms with Gasteiger partial charge in [0.05, 0.1) is 34.7 Å². The number of rotatable bonds is 6. The quantitative estimate of drug-likeness (QED) is 0.269. The molecule has 4 heterocycles. The largest absolute Gasteiger partial charge is 0.351 e. The van der Waals surface area contributed by atoms with Crippen molar-refractivity contribution < 1.29 is 19.3 Å². The Morgan fingerprint density at radius 1 is 1.07 bits per heavy atom. The lowest BCUT2D eigenvalue weighted by Crippen LogP contribution is -2.58. The van der Waals surface area contributed by atoms with Crippen molar-refractivity contribution in [3.05, 3.63) is 81.6 Å². The number of non-ortho nitro benzene ring substituents is 1.